The van der Waals surface area contributed by atoms with Gasteiger partial charge in [-0.05, 0) is 43.8 Å². The normalized spacial score (nSPS) is 15.5. The highest BCUT2D eigenvalue weighted by atomic mass is 32.2. The molecule has 0 amide bonds. The van der Waals surface area contributed by atoms with Gasteiger partial charge in [0.25, 0.3) is 0 Å². The summed E-state index contributed by atoms with van der Waals surface area (Å²) in [5.74, 6) is 0.717. The predicted octanol–water partition coefficient (Wildman–Crippen LogP) is 3.61. The van der Waals surface area contributed by atoms with E-state index in [1.165, 1.54) is 6.20 Å². The van der Waals surface area contributed by atoms with Gasteiger partial charge in [0.15, 0.2) is 0 Å². The molecular formula is C23H27N3O3S. The number of rotatable bonds is 6. The van der Waals surface area contributed by atoms with E-state index in [4.69, 9.17) is 4.74 Å². The lowest BCUT2D eigenvalue weighted by molar-refractivity contribution is 0.271. The van der Waals surface area contributed by atoms with Gasteiger partial charge in [0, 0.05) is 37.8 Å². The summed E-state index contributed by atoms with van der Waals surface area (Å²) in [6.07, 6.45) is 1.51. The van der Waals surface area contributed by atoms with Gasteiger partial charge < -0.3 is 14.5 Å². The van der Waals surface area contributed by atoms with Crippen LogP contribution in [0.25, 0.3) is 10.9 Å². The van der Waals surface area contributed by atoms with Crippen molar-refractivity contribution in [1.29, 1.82) is 0 Å². The average molecular weight is 426 g/mol. The van der Waals surface area contributed by atoms with Crippen LogP contribution in [0.5, 0.6) is 5.75 Å². The van der Waals surface area contributed by atoms with E-state index < -0.39 is 9.84 Å². The van der Waals surface area contributed by atoms with Crippen LogP contribution in [-0.2, 0) is 9.84 Å². The molecule has 6 nitrogen and oxygen atoms in total. The minimum atomic E-state index is -3.71. The quantitative estimate of drug-likeness (QED) is 0.601. The summed E-state index contributed by atoms with van der Waals surface area (Å²) in [6, 6.07) is 14.3. The molecule has 0 spiro atoms. The van der Waals surface area contributed by atoms with E-state index in [1.807, 2.05) is 31.2 Å². The van der Waals surface area contributed by atoms with E-state index in [0.717, 1.165) is 55.1 Å². The van der Waals surface area contributed by atoms with Crippen molar-refractivity contribution < 1.29 is 13.2 Å². The summed E-state index contributed by atoms with van der Waals surface area (Å²) in [5, 5.41) is 0.808. The van der Waals surface area contributed by atoms with Crippen LogP contribution in [0, 0.1) is 0 Å². The van der Waals surface area contributed by atoms with Crippen molar-refractivity contribution in [2.75, 3.05) is 44.2 Å². The fraction of sp³-hybridized carbons (Fsp3) is 0.348. The van der Waals surface area contributed by atoms with Crippen LogP contribution in [-0.4, -0.2) is 57.6 Å². The molecule has 1 fully saturated rings. The molecule has 1 saturated heterocycles. The fourth-order valence-corrected chi connectivity index (χ4v) is 5.39. The van der Waals surface area contributed by atoms with Crippen molar-refractivity contribution in [3.63, 3.8) is 0 Å². The SMILES string of the molecule is CCOc1ccc2ncc(S(=O)(=O)c3ccccc3)c(N3CCN(CC)CC3)c2c1. The van der Waals surface area contributed by atoms with E-state index in [-0.39, 0.29) is 9.79 Å². The molecule has 158 valence electrons. The maximum absolute atomic E-state index is 13.6. The summed E-state index contributed by atoms with van der Waals surface area (Å²) in [5.41, 5.74) is 1.49. The third kappa shape index (κ3) is 3.87. The van der Waals surface area contributed by atoms with Crippen molar-refractivity contribution in [1.82, 2.24) is 9.88 Å². The Morgan fingerprint density at radius 1 is 1.00 bits per heavy atom. The van der Waals surface area contributed by atoms with Gasteiger partial charge in [0.2, 0.25) is 9.84 Å². The molecule has 2 heterocycles. The predicted molar refractivity (Wildman–Crippen MR) is 119 cm³/mol. The number of hydrogen-bond donors (Lipinski definition) is 0. The van der Waals surface area contributed by atoms with Gasteiger partial charge in [0.1, 0.15) is 10.6 Å². The van der Waals surface area contributed by atoms with E-state index >= 15 is 0 Å². The number of aromatic nitrogens is 1. The first-order chi connectivity index (χ1) is 14.5. The highest BCUT2D eigenvalue weighted by molar-refractivity contribution is 7.91. The summed E-state index contributed by atoms with van der Waals surface area (Å²) >= 11 is 0. The summed E-state index contributed by atoms with van der Waals surface area (Å²) in [6.45, 7) is 8.96. The first-order valence-corrected chi connectivity index (χ1v) is 11.9. The second kappa shape index (κ2) is 8.62. The number of likely N-dealkylation sites (N-methyl/N-ethyl adjacent to an activating group) is 1. The number of piperazine rings is 1. The zero-order valence-electron chi connectivity index (χ0n) is 17.4. The van der Waals surface area contributed by atoms with Crippen molar-refractivity contribution >= 4 is 26.4 Å². The average Bonchev–Trinajstić information content (AvgIpc) is 2.79. The Hall–Kier alpha value is -2.64. The molecule has 0 unspecified atom stereocenters. The Bertz CT molecular complexity index is 1130. The molecule has 2 aromatic carbocycles. The molecule has 1 aliphatic rings. The molecule has 1 aromatic heterocycles. The van der Waals surface area contributed by atoms with Gasteiger partial charge in [-0.2, -0.15) is 0 Å². The van der Waals surface area contributed by atoms with E-state index in [0.29, 0.717) is 6.61 Å². The first kappa shape index (κ1) is 20.6. The van der Waals surface area contributed by atoms with Gasteiger partial charge in [-0.25, -0.2) is 8.42 Å². The Morgan fingerprint density at radius 3 is 2.40 bits per heavy atom. The van der Waals surface area contributed by atoms with Crippen LogP contribution in [0.15, 0.2) is 64.5 Å². The maximum Gasteiger partial charge on any atom is 0.210 e. The topological polar surface area (TPSA) is 62.7 Å². The largest absolute Gasteiger partial charge is 0.494 e. The number of sulfone groups is 1. The van der Waals surface area contributed by atoms with Crippen LogP contribution in [0.1, 0.15) is 13.8 Å². The number of ether oxygens (including phenoxy) is 1. The van der Waals surface area contributed by atoms with Gasteiger partial charge in [-0.15, -0.1) is 0 Å². The number of nitrogens with zero attached hydrogens (tertiary/aromatic N) is 3. The van der Waals surface area contributed by atoms with E-state index in [9.17, 15) is 8.42 Å². The Balaban J connectivity index is 1.91. The molecule has 0 aliphatic carbocycles. The van der Waals surface area contributed by atoms with Crippen molar-refractivity contribution in [3.8, 4) is 5.75 Å². The summed E-state index contributed by atoms with van der Waals surface area (Å²) in [7, 11) is -3.71. The number of pyridine rings is 1. The standard InChI is InChI=1S/C23H27N3O3S/c1-3-25-12-14-26(15-13-25)23-20-16-18(29-4-2)10-11-21(20)24-17-22(23)30(27,28)19-8-6-5-7-9-19/h5-11,16-17H,3-4,12-15H2,1-2H3. The maximum atomic E-state index is 13.6. The molecule has 1 aliphatic heterocycles. The lowest BCUT2D eigenvalue weighted by Crippen LogP contribution is -2.46. The molecule has 0 atom stereocenters. The molecule has 3 aromatic rings. The second-order valence-electron chi connectivity index (χ2n) is 7.32. The third-order valence-corrected chi connectivity index (χ3v) is 7.34. The molecule has 30 heavy (non-hydrogen) atoms. The fourth-order valence-electron chi connectivity index (χ4n) is 3.93. The van der Waals surface area contributed by atoms with Gasteiger partial charge in [0.05, 0.1) is 22.7 Å². The number of benzene rings is 2. The van der Waals surface area contributed by atoms with Crippen molar-refractivity contribution in [3.05, 3.63) is 54.7 Å². The van der Waals surface area contributed by atoms with Crippen LogP contribution in [0.3, 0.4) is 0 Å². The van der Waals surface area contributed by atoms with Crippen LogP contribution in [0.2, 0.25) is 0 Å². The Kier molecular flexibility index (Phi) is 5.92. The second-order valence-corrected chi connectivity index (χ2v) is 9.24. The summed E-state index contributed by atoms with van der Waals surface area (Å²) in [4.78, 5) is 9.57. The number of anilines is 1. The molecule has 7 heteroatoms. The first-order valence-electron chi connectivity index (χ1n) is 10.4. The number of fused-ring (bicyclic) bond motifs is 1. The van der Waals surface area contributed by atoms with Crippen molar-refractivity contribution in [2.45, 2.75) is 23.6 Å². The summed E-state index contributed by atoms with van der Waals surface area (Å²) < 4.78 is 32.8. The molecule has 4 rings (SSSR count). The lowest BCUT2D eigenvalue weighted by atomic mass is 10.1. The number of hydrogen-bond acceptors (Lipinski definition) is 6. The zero-order valence-corrected chi connectivity index (χ0v) is 18.2. The Morgan fingerprint density at radius 2 is 1.73 bits per heavy atom. The van der Waals surface area contributed by atoms with Gasteiger partial charge in [-0.3, -0.25) is 4.98 Å². The highest BCUT2D eigenvalue weighted by Gasteiger charge is 2.28. The lowest BCUT2D eigenvalue weighted by Gasteiger charge is -2.36. The minimum absolute atomic E-state index is 0.250. The van der Waals surface area contributed by atoms with Crippen LogP contribution < -0.4 is 9.64 Å². The van der Waals surface area contributed by atoms with Crippen LogP contribution in [0.4, 0.5) is 5.69 Å². The molecular weight excluding hydrogens is 398 g/mol. The molecule has 0 bridgehead atoms. The minimum Gasteiger partial charge on any atom is -0.494 e. The smallest absolute Gasteiger partial charge is 0.210 e. The molecule has 0 saturated carbocycles. The van der Waals surface area contributed by atoms with Gasteiger partial charge in [-0.1, -0.05) is 25.1 Å². The Labute approximate surface area is 178 Å². The van der Waals surface area contributed by atoms with E-state index in [1.54, 1.807) is 24.3 Å². The highest BCUT2D eigenvalue weighted by Crippen LogP contribution is 2.37. The van der Waals surface area contributed by atoms with Crippen LogP contribution >= 0.6 is 0 Å². The van der Waals surface area contributed by atoms with Gasteiger partial charge >= 0.3 is 0 Å². The molecule has 0 N–H and O–H groups in total. The zero-order chi connectivity index (χ0) is 21.1. The van der Waals surface area contributed by atoms with Crippen molar-refractivity contribution in [2.24, 2.45) is 0 Å². The molecule has 0 radical (unpaired) electrons. The van der Waals surface area contributed by atoms with E-state index in [2.05, 4.69) is 21.7 Å². The monoisotopic (exact) mass is 425 g/mol. The third-order valence-electron chi connectivity index (χ3n) is 5.57.